The number of aromatic nitrogens is 1. The molecule has 17 heavy (non-hydrogen) atoms. The maximum atomic E-state index is 5.66. The summed E-state index contributed by atoms with van der Waals surface area (Å²) >= 11 is 0. The normalized spacial score (nSPS) is 12.8. The minimum Gasteiger partial charge on any atom is -0.489 e. The second-order valence-electron chi connectivity index (χ2n) is 4.54. The van der Waals surface area contributed by atoms with Crippen LogP contribution in [0.3, 0.4) is 0 Å². The fourth-order valence-corrected chi connectivity index (χ4v) is 1.78. The molecule has 96 valence electrons. The zero-order valence-electron chi connectivity index (χ0n) is 11.4. The quantitative estimate of drug-likeness (QED) is 0.788. The second-order valence-corrected chi connectivity index (χ2v) is 4.54. The van der Waals surface area contributed by atoms with Crippen LogP contribution in [-0.4, -0.2) is 17.6 Å². The van der Waals surface area contributed by atoms with Crippen LogP contribution < -0.4 is 10.1 Å². The third-order valence-electron chi connectivity index (χ3n) is 2.56. The Bertz CT molecular complexity index is 326. The summed E-state index contributed by atoms with van der Waals surface area (Å²) in [5.41, 5.74) is 1.21. The van der Waals surface area contributed by atoms with Crippen LogP contribution in [0.2, 0.25) is 0 Å². The average molecular weight is 236 g/mol. The molecule has 0 aromatic carbocycles. The van der Waals surface area contributed by atoms with Crippen molar-refractivity contribution in [3.8, 4) is 5.75 Å². The number of hydrogen-bond donors (Lipinski definition) is 1. The van der Waals surface area contributed by atoms with Gasteiger partial charge in [-0.2, -0.15) is 0 Å². The highest BCUT2D eigenvalue weighted by atomic mass is 16.5. The molecule has 0 aliphatic rings. The van der Waals surface area contributed by atoms with Crippen LogP contribution in [0.5, 0.6) is 5.75 Å². The molecule has 0 saturated carbocycles. The van der Waals surface area contributed by atoms with Gasteiger partial charge in [-0.3, -0.25) is 4.98 Å². The maximum Gasteiger partial charge on any atom is 0.138 e. The van der Waals surface area contributed by atoms with E-state index >= 15 is 0 Å². The van der Waals surface area contributed by atoms with Crippen molar-refractivity contribution in [1.29, 1.82) is 0 Å². The number of hydrogen-bond acceptors (Lipinski definition) is 3. The zero-order chi connectivity index (χ0) is 12.7. The van der Waals surface area contributed by atoms with Gasteiger partial charge >= 0.3 is 0 Å². The van der Waals surface area contributed by atoms with Gasteiger partial charge in [0.15, 0.2) is 0 Å². The van der Waals surface area contributed by atoms with Gasteiger partial charge in [0.05, 0.1) is 12.3 Å². The fourth-order valence-electron chi connectivity index (χ4n) is 1.78. The van der Waals surface area contributed by atoms with Gasteiger partial charge in [0.1, 0.15) is 5.75 Å². The summed E-state index contributed by atoms with van der Waals surface area (Å²) < 4.78 is 5.66. The third-order valence-corrected chi connectivity index (χ3v) is 2.56. The van der Waals surface area contributed by atoms with Crippen LogP contribution in [0.25, 0.3) is 0 Å². The first kappa shape index (κ1) is 14.0. The zero-order valence-corrected chi connectivity index (χ0v) is 11.4. The molecule has 1 aromatic heterocycles. The van der Waals surface area contributed by atoms with E-state index in [4.69, 9.17) is 4.74 Å². The van der Waals surface area contributed by atoms with Crippen LogP contribution in [0.4, 0.5) is 0 Å². The molecule has 1 atom stereocenters. The third kappa shape index (κ3) is 4.73. The van der Waals surface area contributed by atoms with Crippen molar-refractivity contribution < 1.29 is 4.74 Å². The van der Waals surface area contributed by atoms with Gasteiger partial charge in [-0.25, -0.2) is 0 Å². The van der Waals surface area contributed by atoms with Crippen LogP contribution in [0, 0.1) is 0 Å². The van der Waals surface area contributed by atoms with Crippen LogP contribution in [0.1, 0.15) is 52.1 Å². The van der Waals surface area contributed by atoms with E-state index in [1.54, 1.807) is 6.20 Å². The standard InChI is InChI=1S/C14H24N2O/c1-5-7-16-14(6-2)12-8-13(10-15-9-12)17-11(3)4/h8-11,14,16H,5-7H2,1-4H3. The molecule has 0 bridgehead atoms. The molecular weight excluding hydrogens is 212 g/mol. The van der Waals surface area contributed by atoms with E-state index in [2.05, 4.69) is 30.2 Å². The van der Waals surface area contributed by atoms with Crippen molar-refractivity contribution in [3.05, 3.63) is 24.0 Å². The minimum atomic E-state index is 0.190. The number of ether oxygens (including phenoxy) is 1. The van der Waals surface area contributed by atoms with Gasteiger partial charge < -0.3 is 10.1 Å². The smallest absolute Gasteiger partial charge is 0.138 e. The van der Waals surface area contributed by atoms with Crippen molar-refractivity contribution in [2.45, 2.75) is 52.7 Å². The Morgan fingerprint density at radius 1 is 1.29 bits per heavy atom. The predicted octanol–water partition coefficient (Wildman–Crippen LogP) is 3.32. The predicted molar refractivity (Wildman–Crippen MR) is 71.3 cm³/mol. The lowest BCUT2D eigenvalue weighted by Gasteiger charge is -2.18. The van der Waals surface area contributed by atoms with E-state index in [-0.39, 0.29) is 6.10 Å². The topological polar surface area (TPSA) is 34.2 Å². The van der Waals surface area contributed by atoms with Gasteiger partial charge in [-0.15, -0.1) is 0 Å². The first-order chi connectivity index (χ1) is 8.17. The summed E-state index contributed by atoms with van der Waals surface area (Å²) in [6.07, 6.45) is 6.09. The van der Waals surface area contributed by atoms with Crippen molar-refractivity contribution in [2.75, 3.05) is 6.54 Å². The summed E-state index contributed by atoms with van der Waals surface area (Å²) in [4.78, 5) is 4.25. The van der Waals surface area contributed by atoms with Crippen molar-refractivity contribution >= 4 is 0 Å². The Morgan fingerprint density at radius 2 is 2.06 bits per heavy atom. The monoisotopic (exact) mass is 236 g/mol. The Balaban J connectivity index is 2.73. The molecule has 0 aliphatic carbocycles. The van der Waals surface area contributed by atoms with E-state index in [1.807, 2.05) is 20.0 Å². The summed E-state index contributed by atoms with van der Waals surface area (Å²) in [5.74, 6) is 0.856. The van der Waals surface area contributed by atoms with E-state index in [0.717, 1.165) is 25.1 Å². The Hall–Kier alpha value is -1.09. The summed E-state index contributed by atoms with van der Waals surface area (Å²) in [5, 5.41) is 3.52. The van der Waals surface area contributed by atoms with Gasteiger partial charge in [0, 0.05) is 12.2 Å². The highest BCUT2D eigenvalue weighted by Crippen LogP contribution is 2.20. The largest absolute Gasteiger partial charge is 0.489 e. The number of nitrogens with one attached hydrogen (secondary N) is 1. The lowest BCUT2D eigenvalue weighted by molar-refractivity contribution is 0.241. The van der Waals surface area contributed by atoms with Crippen LogP contribution >= 0.6 is 0 Å². The Kier molecular flexibility index (Phi) is 5.98. The molecule has 0 fully saturated rings. The molecule has 1 N–H and O–H groups in total. The van der Waals surface area contributed by atoms with E-state index < -0.39 is 0 Å². The first-order valence-electron chi connectivity index (χ1n) is 6.52. The molecule has 0 amide bonds. The second kappa shape index (κ2) is 7.28. The maximum absolute atomic E-state index is 5.66. The van der Waals surface area contributed by atoms with E-state index in [0.29, 0.717) is 6.04 Å². The summed E-state index contributed by atoms with van der Waals surface area (Å²) in [6.45, 7) is 9.45. The molecular formula is C14H24N2O. The van der Waals surface area contributed by atoms with Crippen molar-refractivity contribution in [1.82, 2.24) is 10.3 Å². The molecule has 0 aliphatic heterocycles. The van der Waals surface area contributed by atoms with Gasteiger partial charge in [0.2, 0.25) is 0 Å². The number of nitrogens with zero attached hydrogens (tertiary/aromatic N) is 1. The lowest BCUT2D eigenvalue weighted by Crippen LogP contribution is -2.21. The lowest BCUT2D eigenvalue weighted by atomic mass is 10.1. The van der Waals surface area contributed by atoms with Crippen LogP contribution in [-0.2, 0) is 0 Å². The minimum absolute atomic E-state index is 0.190. The molecule has 0 radical (unpaired) electrons. The Labute approximate surface area is 105 Å². The van der Waals surface area contributed by atoms with Crippen LogP contribution in [0.15, 0.2) is 18.5 Å². The van der Waals surface area contributed by atoms with Crippen molar-refractivity contribution in [3.63, 3.8) is 0 Å². The molecule has 1 aromatic rings. The highest BCUT2D eigenvalue weighted by molar-refractivity contribution is 5.26. The summed E-state index contributed by atoms with van der Waals surface area (Å²) in [7, 11) is 0. The SMILES string of the molecule is CCCNC(CC)c1cncc(OC(C)C)c1. The average Bonchev–Trinajstić information content (AvgIpc) is 2.30. The molecule has 0 spiro atoms. The molecule has 1 unspecified atom stereocenters. The molecule has 1 rings (SSSR count). The highest BCUT2D eigenvalue weighted by Gasteiger charge is 2.09. The molecule has 3 nitrogen and oxygen atoms in total. The summed E-state index contributed by atoms with van der Waals surface area (Å²) in [6, 6.07) is 2.46. The van der Waals surface area contributed by atoms with Gasteiger partial charge in [0.25, 0.3) is 0 Å². The molecule has 0 saturated heterocycles. The van der Waals surface area contributed by atoms with E-state index in [9.17, 15) is 0 Å². The van der Waals surface area contributed by atoms with Crippen molar-refractivity contribution in [2.24, 2.45) is 0 Å². The molecule has 3 heteroatoms. The van der Waals surface area contributed by atoms with E-state index in [1.165, 1.54) is 5.56 Å². The van der Waals surface area contributed by atoms with Gasteiger partial charge in [-0.05, 0) is 44.9 Å². The fraction of sp³-hybridized carbons (Fsp3) is 0.643. The number of pyridine rings is 1. The Morgan fingerprint density at radius 3 is 2.65 bits per heavy atom. The van der Waals surface area contributed by atoms with Gasteiger partial charge in [-0.1, -0.05) is 13.8 Å². The number of rotatable bonds is 7. The first-order valence-corrected chi connectivity index (χ1v) is 6.52. The molecule has 1 heterocycles.